The Bertz CT molecular complexity index is 237. The number of hydrogen-bond donors (Lipinski definition) is 0. The van der Waals surface area contributed by atoms with Gasteiger partial charge >= 0.3 is 0 Å². The van der Waals surface area contributed by atoms with Gasteiger partial charge < -0.3 is 8.85 Å². The summed E-state index contributed by atoms with van der Waals surface area (Å²) in [6.45, 7) is 18.6. The molecule has 0 N–H and O–H groups in total. The van der Waals surface area contributed by atoms with E-state index in [1.807, 2.05) is 6.26 Å². The van der Waals surface area contributed by atoms with Crippen molar-refractivity contribution in [3.63, 3.8) is 0 Å². The summed E-state index contributed by atoms with van der Waals surface area (Å²) in [5.74, 6) is 0.425. The maximum absolute atomic E-state index is 5.86. The molecule has 4 heteroatoms. The highest BCUT2D eigenvalue weighted by molar-refractivity contribution is 6.69. The fraction of sp³-hybridized carbons (Fsp3) is 0.846. The molecule has 0 aromatic carbocycles. The van der Waals surface area contributed by atoms with E-state index in [4.69, 9.17) is 8.85 Å². The number of hydrogen-bond acceptors (Lipinski definition) is 2. The lowest BCUT2D eigenvalue weighted by molar-refractivity contribution is 0.182. The van der Waals surface area contributed by atoms with Crippen LogP contribution in [0.25, 0.3) is 0 Å². The summed E-state index contributed by atoms with van der Waals surface area (Å²) in [6, 6.07) is 0. The Morgan fingerprint density at radius 3 is 2.06 bits per heavy atom. The number of rotatable bonds is 6. The van der Waals surface area contributed by atoms with Crippen molar-refractivity contribution >= 4 is 17.4 Å². The molecule has 0 saturated carbocycles. The molecule has 0 aromatic rings. The van der Waals surface area contributed by atoms with Crippen molar-refractivity contribution in [3.8, 4) is 0 Å². The van der Waals surface area contributed by atoms with Crippen molar-refractivity contribution in [1.82, 2.24) is 0 Å². The standard InChI is InChI=1S/C13H30O2Si2/c1-13(2,3)12(11-14-16(4)5)9-10-15-17(6,7)8/h9-10,12,16H,11H2,1-8H3/t12-/m0/s1. The smallest absolute Gasteiger partial charge is 0.241 e. The summed E-state index contributed by atoms with van der Waals surface area (Å²) in [7, 11) is -2.38. The Balaban J connectivity index is 4.40. The average Bonchev–Trinajstić information content (AvgIpc) is 2.06. The van der Waals surface area contributed by atoms with Crippen LogP contribution in [0.1, 0.15) is 20.8 Å². The van der Waals surface area contributed by atoms with Gasteiger partial charge in [0.05, 0.1) is 6.26 Å². The second-order valence-electron chi connectivity index (χ2n) is 6.91. The van der Waals surface area contributed by atoms with Gasteiger partial charge in [-0.1, -0.05) is 20.8 Å². The van der Waals surface area contributed by atoms with E-state index in [1.165, 1.54) is 0 Å². The molecule has 0 rings (SSSR count). The van der Waals surface area contributed by atoms with E-state index >= 15 is 0 Å². The van der Waals surface area contributed by atoms with Gasteiger partial charge in [-0.25, -0.2) is 0 Å². The molecule has 0 spiro atoms. The molecule has 0 bridgehead atoms. The van der Waals surface area contributed by atoms with Crippen molar-refractivity contribution in [1.29, 1.82) is 0 Å². The summed E-state index contributed by atoms with van der Waals surface area (Å²) in [5, 5.41) is 0. The van der Waals surface area contributed by atoms with Crippen LogP contribution in [-0.4, -0.2) is 24.0 Å². The zero-order valence-electron chi connectivity index (χ0n) is 12.8. The monoisotopic (exact) mass is 274 g/mol. The van der Waals surface area contributed by atoms with Crippen molar-refractivity contribution in [3.05, 3.63) is 12.3 Å². The Hall–Kier alpha value is -0.0662. The van der Waals surface area contributed by atoms with Crippen molar-refractivity contribution in [2.24, 2.45) is 11.3 Å². The van der Waals surface area contributed by atoms with Crippen LogP contribution in [-0.2, 0) is 8.85 Å². The van der Waals surface area contributed by atoms with Gasteiger partial charge in [-0.15, -0.1) is 0 Å². The van der Waals surface area contributed by atoms with Gasteiger partial charge in [0.1, 0.15) is 0 Å². The molecule has 102 valence electrons. The molecular formula is C13H30O2Si2. The quantitative estimate of drug-likeness (QED) is 0.538. The molecule has 0 heterocycles. The minimum Gasteiger partial charge on any atom is -0.550 e. The van der Waals surface area contributed by atoms with Crippen LogP contribution < -0.4 is 0 Å². The van der Waals surface area contributed by atoms with E-state index in [0.717, 1.165) is 6.61 Å². The maximum atomic E-state index is 5.86. The van der Waals surface area contributed by atoms with Gasteiger partial charge in [0.2, 0.25) is 8.32 Å². The predicted molar refractivity (Wildman–Crippen MR) is 81.3 cm³/mol. The van der Waals surface area contributed by atoms with Gasteiger partial charge in [-0.2, -0.15) is 0 Å². The minimum absolute atomic E-state index is 0.225. The largest absolute Gasteiger partial charge is 0.550 e. The maximum Gasteiger partial charge on any atom is 0.241 e. The van der Waals surface area contributed by atoms with Gasteiger partial charge in [0.15, 0.2) is 9.04 Å². The zero-order valence-corrected chi connectivity index (χ0v) is 15.0. The SMILES string of the molecule is C[SiH](C)OC[C@H](C=CO[Si](C)(C)C)C(C)(C)C. The summed E-state index contributed by atoms with van der Waals surface area (Å²) in [4.78, 5) is 0. The van der Waals surface area contributed by atoms with Gasteiger partial charge in [-0.05, 0) is 44.2 Å². The molecule has 0 aromatic heterocycles. The molecule has 2 nitrogen and oxygen atoms in total. The molecule has 0 aliphatic rings. The molecule has 1 atom stereocenters. The van der Waals surface area contributed by atoms with Crippen LogP contribution >= 0.6 is 0 Å². The first kappa shape index (κ1) is 16.9. The lowest BCUT2D eigenvalue weighted by Crippen LogP contribution is -2.27. The summed E-state index contributed by atoms with van der Waals surface area (Å²) >= 11 is 0. The molecule has 0 unspecified atom stereocenters. The van der Waals surface area contributed by atoms with Crippen LogP contribution in [0.2, 0.25) is 32.7 Å². The first-order valence-electron chi connectivity index (χ1n) is 6.48. The Kier molecular flexibility index (Phi) is 6.73. The van der Waals surface area contributed by atoms with E-state index in [0.29, 0.717) is 5.92 Å². The minimum atomic E-state index is -1.45. The molecule has 0 fully saturated rings. The molecule has 0 amide bonds. The first-order valence-corrected chi connectivity index (χ1v) is 12.7. The Labute approximate surface area is 110 Å². The van der Waals surface area contributed by atoms with E-state index in [1.54, 1.807) is 0 Å². The second kappa shape index (κ2) is 6.76. The average molecular weight is 275 g/mol. The molecule has 17 heavy (non-hydrogen) atoms. The lowest BCUT2D eigenvalue weighted by atomic mass is 9.81. The van der Waals surface area contributed by atoms with Gasteiger partial charge in [-0.3, -0.25) is 0 Å². The third kappa shape index (κ3) is 9.62. The van der Waals surface area contributed by atoms with Crippen LogP contribution in [0.3, 0.4) is 0 Å². The fourth-order valence-corrected chi connectivity index (χ4v) is 2.31. The van der Waals surface area contributed by atoms with Crippen molar-refractivity contribution in [2.75, 3.05) is 6.61 Å². The highest BCUT2D eigenvalue weighted by Gasteiger charge is 2.23. The van der Waals surface area contributed by atoms with Crippen LogP contribution in [0.4, 0.5) is 0 Å². The second-order valence-corrected chi connectivity index (χ2v) is 13.8. The van der Waals surface area contributed by atoms with Crippen molar-refractivity contribution < 1.29 is 8.85 Å². The van der Waals surface area contributed by atoms with E-state index < -0.39 is 17.4 Å². The zero-order chi connectivity index (χ0) is 13.7. The van der Waals surface area contributed by atoms with Gasteiger partial charge in [0, 0.05) is 12.5 Å². The van der Waals surface area contributed by atoms with Crippen LogP contribution in [0, 0.1) is 11.3 Å². The first-order chi connectivity index (χ1) is 7.52. The summed E-state index contributed by atoms with van der Waals surface area (Å²) < 4.78 is 11.6. The molecule has 0 radical (unpaired) electrons. The van der Waals surface area contributed by atoms with Crippen LogP contribution in [0.5, 0.6) is 0 Å². The van der Waals surface area contributed by atoms with Crippen LogP contribution in [0.15, 0.2) is 12.3 Å². The third-order valence-corrected chi connectivity index (χ3v) is 4.16. The van der Waals surface area contributed by atoms with E-state index in [-0.39, 0.29) is 5.41 Å². The Morgan fingerprint density at radius 1 is 1.18 bits per heavy atom. The highest BCUT2D eigenvalue weighted by Crippen LogP contribution is 2.27. The molecular weight excluding hydrogens is 244 g/mol. The predicted octanol–water partition coefficient (Wildman–Crippen LogP) is 4.01. The molecule has 0 saturated heterocycles. The highest BCUT2D eigenvalue weighted by atomic mass is 28.4. The summed E-state index contributed by atoms with van der Waals surface area (Å²) in [5.41, 5.74) is 0.225. The fourth-order valence-electron chi connectivity index (χ4n) is 1.23. The van der Waals surface area contributed by atoms with E-state index in [9.17, 15) is 0 Å². The van der Waals surface area contributed by atoms with Crippen molar-refractivity contribution in [2.45, 2.75) is 53.5 Å². The van der Waals surface area contributed by atoms with Gasteiger partial charge in [0.25, 0.3) is 0 Å². The normalized spacial score (nSPS) is 15.6. The third-order valence-electron chi connectivity index (χ3n) is 2.45. The van der Waals surface area contributed by atoms with E-state index in [2.05, 4.69) is 59.6 Å². The summed E-state index contributed by atoms with van der Waals surface area (Å²) in [6.07, 6.45) is 4.07. The topological polar surface area (TPSA) is 18.5 Å². The lowest BCUT2D eigenvalue weighted by Gasteiger charge is -2.29. The molecule has 0 aliphatic carbocycles. The Morgan fingerprint density at radius 2 is 1.71 bits per heavy atom. The molecule has 0 aliphatic heterocycles.